The van der Waals surface area contributed by atoms with Gasteiger partial charge in [-0.1, -0.05) is 13.3 Å². The van der Waals surface area contributed by atoms with E-state index in [2.05, 4.69) is 9.88 Å². The van der Waals surface area contributed by atoms with Crippen LogP contribution in [0.25, 0.3) is 22.2 Å². The molecule has 3 aromatic rings. The van der Waals surface area contributed by atoms with Crippen molar-refractivity contribution in [3.05, 3.63) is 57.3 Å². The molecule has 0 bridgehead atoms. The van der Waals surface area contributed by atoms with Crippen molar-refractivity contribution in [1.29, 1.82) is 0 Å². The van der Waals surface area contributed by atoms with Gasteiger partial charge < -0.3 is 9.55 Å². The number of aryl methyl sites for hydroxylation is 2. The number of fused-ring (bicyclic) bond motifs is 1. The average molecular weight is 395 g/mol. The van der Waals surface area contributed by atoms with Crippen LogP contribution in [0.15, 0.2) is 29.1 Å². The highest BCUT2D eigenvalue weighted by molar-refractivity contribution is 5.87. The fraction of sp³-hybridized carbons (Fsp3) is 0.391. The van der Waals surface area contributed by atoms with Crippen LogP contribution in [0.4, 0.5) is 4.39 Å². The minimum absolute atomic E-state index is 0.0932. The first-order valence-corrected chi connectivity index (χ1v) is 10.2. The topological polar surface area (TPSA) is 58.1 Å². The van der Waals surface area contributed by atoms with E-state index >= 15 is 4.39 Å². The average Bonchev–Trinajstić information content (AvgIpc) is 3.04. The summed E-state index contributed by atoms with van der Waals surface area (Å²) >= 11 is 0. The highest BCUT2D eigenvalue weighted by Crippen LogP contribution is 2.30. The van der Waals surface area contributed by atoms with Crippen molar-refractivity contribution in [2.45, 2.75) is 39.2 Å². The van der Waals surface area contributed by atoms with Gasteiger partial charge in [0.1, 0.15) is 5.82 Å². The lowest BCUT2D eigenvalue weighted by molar-refractivity contribution is 0.112. The maximum atomic E-state index is 15.1. The first-order chi connectivity index (χ1) is 14.0. The lowest BCUT2D eigenvalue weighted by atomic mass is 10.0. The number of aromatic nitrogens is 2. The molecule has 0 amide bonds. The van der Waals surface area contributed by atoms with E-state index in [9.17, 15) is 9.59 Å². The van der Waals surface area contributed by atoms with Gasteiger partial charge in [0.15, 0.2) is 6.29 Å². The van der Waals surface area contributed by atoms with Gasteiger partial charge in [-0.25, -0.2) is 4.39 Å². The van der Waals surface area contributed by atoms with Crippen LogP contribution in [0.1, 0.15) is 47.8 Å². The monoisotopic (exact) mass is 395 g/mol. The first-order valence-electron chi connectivity index (χ1n) is 10.2. The van der Waals surface area contributed by atoms with Crippen LogP contribution < -0.4 is 5.56 Å². The third-order valence-electron chi connectivity index (χ3n) is 5.96. The molecule has 0 spiro atoms. The van der Waals surface area contributed by atoms with E-state index in [1.165, 1.54) is 25.3 Å². The number of likely N-dealkylation sites (tertiary alicyclic amines) is 1. The molecule has 0 unspecified atom stereocenters. The molecule has 1 N–H and O–H groups in total. The van der Waals surface area contributed by atoms with E-state index in [1.807, 2.05) is 30.7 Å². The molecule has 0 saturated carbocycles. The lowest BCUT2D eigenvalue weighted by Gasteiger charge is -2.26. The molecular weight excluding hydrogens is 369 g/mol. The maximum Gasteiger partial charge on any atom is 0.259 e. The molecule has 29 heavy (non-hydrogen) atoms. The molecule has 1 aliphatic rings. The second kappa shape index (κ2) is 7.95. The van der Waals surface area contributed by atoms with E-state index in [4.69, 9.17) is 0 Å². The van der Waals surface area contributed by atoms with Gasteiger partial charge in [0, 0.05) is 30.2 Å². The van der Waals surface area contributed by atoms with Gasteiger partial charge in [0.25, 0.3) is 5.56 Å². The van der Waals surface area contributed by atoms with Crippen molar-refractivity contribution >= 4 is 17.2 Å². The Hall–Kier alpha value is -2.73. The van der Waals surface area contributed by atoms with Gasteiger partial charge in [-0.3, -0.25) is 14.5 Å². The molecule has 152 valence electrons. The molecule has 1 aliphatic heterocycles. The number of nitrogens with one attached hydrogen (secondary N) is 1. The number of pyridine rings is 1. The van der Waals surface area contributed by atoms with Gasteiger partial charge in [-0.05, 0) is 62.2 Å². The van der Waals surface area contributed by atoms with E-state index in [0.29, 0.717) is 29.5 Å². The Balaban J connectivity index is 1.79. The Labute approximate surface area is 169 Å². The number of aromatic amines is 1. The highest BCUT2D eigenvalue weighted by Gasteiger charge is 2.18. The van der Waals surface area contributed by atoms with Crippen LogP contribution in [0.2, 0.25) is 0 Å². The predicted octanol–water partition coefficient (Wildman–Crippen LogP) is 4.03. The number of hydrogen-bond acceptors (Lipinski definition) is 3. The van der Waals surface area contributed by atoms with Crippen molar-refractivity contribution in [1.82, 2.24) is 14.5 Å². The second-order valence-corrected chi connectivity index (χ2v) is 7.85. The zero-order chi connectivity index (χ0) is 20.5. The third kappa shape index (κ3) is 3.65. The number of benzene rings is 1. The third-order valence-corrected chi connectivity index (χ3v) is 5.96. The summed E-state index contributed by atoms with van der Waals surface area (Å²) in [5.41, 5.74) is 3.31. The van der Waals surface area contributed by atoms with Crippen molar-refractivity contribution in [2.24, 2.45) is 7.05 Å². The van der Waals surface area contributed by atoms with Crippen LogP contribution in [0.3, 0.4) is 0 Å². The first kappa shape index (κ1) is 19.6. The molecule has 1 fully saturated rings. The molecule has 3 heterocycles. The SMILES string of the molecule is CCc1cc(C=O)c(=O)[nH]c1-c1cc(F)c2c(c1)cc(CN1CCCCC1)n2C. The van der Waals surface area contributed by atoms with Gasteiger partial charge in [-0.15, -0.1) is 0 Å². The zero-order valence-electron chi connectivity index (χ0n) is 16.9. The van der Waals surface area contributed by atoms with Crippen LogP contribution in [-0.4, -0.2) is 33.8 Å². The maximum absolute atomic E-state index is 15.1. The van der Waals surface area contributed by atoms with E-state index in [0.717, 1.165) is 36.3 Å². The number of nitrogens with zero attached hydrogens (tertiary/aromatic N) is 2. The molecule has 5 nitrogen and oxygen atoms in total. The molecule has 1 saturated heterocycles. The number of carbonyl (C=O) groups excluding carboxylic acids is 1. The number of hydrogen-bond donors (Lipinski definition) is 1. The van der Waals surface area contributed by atoms with Crippen LogP contribution in [-0.2, 0) is 20.0 Å². The quantitative estimate of drug-likeness (QED) is 0.664. The fourth-order valence-corrected chi connectivity index (χ4v) is 4.36. The molecule has 6 heteroatoms. The summed E-state index contributed by atoms with van der Waals surface area (Å²) in [6.07, 6.45) is 4.89. The molecule has 2 aromatic heterocycles. The summed E-state index contributed by atoms with van der Waals surface area (Å²) in [4.78, 5) is 28.4. The Morgan fingerprint density at radius 1 is 1.14 bits per heavy atom. The van der Waals surface area contributed by atoms with Crippen LogP contribution in [0.5, 0.6) is 0 Å². The zero-order valence-corrected chi connectivity index (χ0v) is 16.9. The molecule has 0 radical (unpaired) electrons. The van der Waals surface area contributed by atoms with Crippen molar-refractivity contribution in [2.75, 3.05) is 13.1 Å². The summed E-state index contributed by atoms with van der Waals surface area (Å²) < 4.78 is 17.0. The Kier molecular flexibility index (Phi) is 5.37. The molecule has 0 atom stereocenters. The summed E-state index contributed by atoms with van der Waals surface area (Å²) in [7, 11) is 1.91. The van der Waals surface area contributed by atoms with E-state index in [1.54, 1.807) is 6.07 Å². The Morgan fingerprint density at radius 2 is 1.90 bits per heavy atom. The predicted molar refractivity (Wildman–Crippen MR) is 113 cm³/mol. The lowest BCUT2D eigenvalue weighted by Crippen LogP contribution is -2.29. The van der Waals surface area contributed by atoms with Gasteiger partial charge in [-0.2, -0.15) is 0 Å². The van der Waals surface area contributed by atoms with Crippen molar-refractivity contribution < 1.29 is 9.18 Å². The molecule has 4 rings (SSSR count). The number of carbonyl (C=O) groups is 1. The van der Waals surface area contributed by atoms with E-state index in [-0.39, 0.29) is 11.4 Å². The largest absolute Gasteiger partial charge is 0.344 e. The number of halogens is 1. The van der Waals surface area contributed by atoms with Gasteiger partial charge >= 0.3 is 0 Å². The Morgan fingerprint density at radius 3 is 2.59 bits per heavy atom. The Bertz CT molecular complexity index is 1120. The number of aldehydes is 1. The summed E-state index contributed by atoms with van der Waals surface area (Å²) in [6, 6.07) is 7.03. The smallest absolute Gasteiger partial charge is 0.259 e. The number of rotatable bonds is 5. The molecular formula is C23H26FN3O2. The summed E-state index contributed by atoms with van der Waals surface area (Å²) in [5, 5.41) is 0.817. The summed E-state index contributed by atoms with van der Waals surface area (Å²) in [6.45, 7) is 4.92. The number of piperidine rings is 1. The van der Waals surface area contributed by atoms with Crippen molar-refractivity contribution in [3.8, 4) is 11.3 Å². The minimum Gasteiger partial charge on any atom is -0.344 e. The second-order valence-electron chi connectivity index (χ2n) is 7.85. The van der Waals surface area contributed by atoms with Gasteiger partial charge in [0.2, 0.25) is 0 Å². The standard InChI is InChI=1S/C23H26FN3O2/c1-3-15-9-18(14-28)23(29)25-21(15)16-10-17-11-19(13-27-7-5-4-6-8-27)26(2)22(17)20(24)12-16/h9-12,14H,3-8,13H2,1-2H3,(H,25,29). The minimum atomic E-state index is -0.452. The summed E-state index contributed by atoms with van der Waals surface area (Å²) in [5.74, 6) is -0.313. The number of H-pyrrole nitrogens is 1. The van der Waals surface area contributed by atoms with E-state index < -0.39 is 5.56 Å². The van der Waals surface area contributed by atoms with Gasteiger partial charge in [0.05, 0.1) is 16.8 Å². The van der Waals surface area contributed by atoms with Crippen LogP contribution in [0, 0.1) is 5.82 Å². The molecule has 0 aliphatic carbocycles. The highest BCUT2D eigenvalue weighted by atomic mass is 19.1. The van der Waals surface area contributed by atoms with Crippen molar-refractivity contribution in [3.63, 3.8) is 0 Å². The van der Waals surface area contributed by atoms with Crippen LogP contribution >= 0.6 is 0 Å². The molecule has 1 aromatic carbocycles. The fourth-order valence-electron chi connectivity index (χ4n) is 4.36. The normalized spacial score (nSPS) is 15.1.